The molecule has 0 unspecified atom stereocenters. The number of hydrogen-bond donors (Lipinski definition) is 0. The highest BCUT2D eigenvalue weighted by molar-refractivity contribution is 6.29. The number of nitrogens with zero attached hydrogens (tertiary/aromatic N) is 5. The summed E-state index contributed by atoms with van der Waals surface area (Å²) in [6.45, 7) is 0. The van der Waals surface area contributed by atoms with Crippen molar-refractivity contribution in [3.05, 3.63) is 586 Å². The first-order valence-corrected chi connectivity index (χ1v) is 50.1. The summed E-state index contributed by atoms with van der Waals surface area (Å²) in [7, 11) is 0. The average molecular weight is 1880 g/mol. The maximum absolute atomic E-state index is 6.47. The first-order chi connectivity index (χ1) is 72.9. The fourth-order valence-electron chi connectivity index (χ4n) is 22.7. The van der Waals surface area contributed by atoms with Crippen LogP contribution in [0.3, 0.4) is 0 Å². The number of benzene rings is 23. The van der Waals surface area contributed by atoms with Gasteiger partial charge in [0.15, 0.2) is 0 Å². The van der Waals surface area contributed by atoms with Crippen LogP contribution in [-0.2, 0) is 5.41 Å². The van der Waals surface area contributed by atoms with Crippen molar-refractivity contribution in [1.82, 2.24) is 9.13 Å². The molecular weight excluding hydrogens is 1790 g/mol. The van der Waals surface area contributed by atoms with Crippen molar-refractivity contribution in [2.75, 3.05) is 14.7 Å². The molecule has 8 nitrogen and oxygen atoms in total. The van der Waals surface area contributed by atoms with Crippen LogP contribution >= 0.6 is 0 Å². The van der Waals surface area contributed by atoms with Crippen molar-refractivity contribution in [3.63, 3.8) is 0 Å². The van der Waals surface area contributed by atoms with E-state index in [1.165, 1.54) is 99.2 Å². The first-order valence-electron chi connectivity index (χ1n) is 50.1. The van der Waals surface area contributed by atoms with Crippen LogP contribution in [0.5, 0.6) is 0 Å². The Morgan fingerprint density at radius 2 is 0.510 bits per heavy atom. The summed E-state index contributed by atoms with van der Waals surface area (Å²) in [5.41, 5.74) is 38.8. The molecule has 692 valence electrons. The van der Waals surface area contributed by atoms with Crippen molar-refractivity contribution in [1.29, 1.82) is 0 Å². The van der Waals surface area contributed by atoms with Crippen molar-refractivity contribution in [3.8, 4) is 67.0 Å². The molecular formula is C139H93N5O3. The molecule has 0 atom stereocenters. The van der Waals surface area contributed by atoms with Gasteiger partial charge in [0, 0.05) is 117 Å². The lowest BCUT2D eigenvalue weighted by molar-refractivity contribution is 0.662. The number of fused-ring (bicyclic) bond motifs is 20. The maximum atomic E-state index is 6.47. The Labute approximate surface area is 850 Å². The molecule has 23 aromatic carbocycles. The van der Waals surface area contributed by atoms with Crippen LogP contribution in [0.4, 0.5) is 51.2 Å². The van der Waals surface area contributed by atoms with E-state index in [0.717, 1.165) is 151 Å². The van der Waals surface area contributed by atoms with Gasteiger partial charge in [0.05, 0.1) is 32.9 Å². The molecule has 0 radical (unpaired) electrons. The van der Waals surface area contributed by atoms with Gasteiger partial charge in [-0.05, 0) is 260 Å². The molecule has 0 N–H and O–H groups in total. The summed E-state index contributed by atoms with van der Waals surface area (Å²) in [5, 5.41) is 11.6. The van der Waals surface area contributed by atoms with E-state index >= 15 is 0 Å². The zero-order valence-electron chi connectivity index (χ0n) is 80.2. The number of hydrogen-bond acceptors (Lipinski definition) is 6. The van der Waals surface area contributed by atoms with Crippen LogP contribution in [-0.4, -0.2) is 9.13 Å². The fourth-order valence-corrected chi connectivity index (χ4v) is 22.7. The molecule has 0 amide bonds. The molecule has 0 fully saturated rings. The van der Waals surface area contributed by atoms with Crippen molar-refractivity contribution < 1.29 is 13.3 Å². The van der Waals surface area contributed by atoms with Gasteiger partial charge in [0.25, 0.3) is 0 Å². The summed E-state index contributed by atoms with van der Waals surface area (Å²) < 4.78 is 23.8. The lowest BCUT2D eigenvalue weighted by Gasteiger charge is -2.35. The summed E-state index contributed by atoms with van der Waals surface area (Å²) in [6, 6.07) is 202. The third-order valence-corrected chi connectivity index (χ3v) is 29.3. The van der Waals surface area contributed by atoms with Gasteiger partial charge in [0.1, 0.15) is 33.5 Å². The fraction of sp³-hybridized carbons (Fsp3) is 0.00719. The predicted octanol–water partition coefficient (Wildman–Crippen LogP) is 38.4. The molecule has 8 heteroatoms. The van der Waals surface area contributed by atoms with Gasteiger partial charge < -0.3 is 37.1 Å². The topological polar surface area (TPSA) is 59.0 Å². The normalized spacial score (nSPS) is 12.0. The Morgan fingerprint density at radius 1 is 0.163 bits per heavy atom. The van der Waals surface area contributed by atoms with E-state index < -0.39 is 5.41 Å². The molecule has 1 aliphatic rings. The molecule has 147 heavy (non-hydrogen) atoms. The Balaban J connectivity index is 0.000000109. The van der Waals surface area contributed by atoms with Gasteiger partial charge in [-0.1, -0.05) is 376 Å². The lowest BCUT2D eigenvalue weighted by Crippen LogP contribution is -2.28. The molecule has 0 aliphatic heterocycles. The Kier molecular flexibility index (Phi) is 21.7. The SMILES string of the molecule is c1ccc(-c2ccc(N(c3ccccc3)c3ccc4c5c6c7ccccc7n(-c7ccccc7)c6ccc5n(-c5ccccc5)c4c3)cc2)cc1.c1ccc(-c2ccc(N(c3ccccc3)c3cccc(-c4ccc5oc6c(ccc7oc8ccccc8c76)c5c4)c3)cc2)cc1.c1ccc(N(c2ccc(-c3cccc4c3oc3ccccc34)cc2)c2cccc(C3(c4ccccc4)c4ccccc4-c4ccccc43)c2)cc1. The molecule has 0 saturated carbocycles. The third-order valence-electron chi connectivity index (χ3n) is 29.3. The van der Waals surface area contributed by atoms with Gasteiger partial charge in [-0.3, -0.25) is 0 Å². The van der Waals surface area contributed by atoms with E-state index in [1.54, 1.807) is 0 Å². The van der Waals surface area contributed by atoms with Crippen molar-refractivity contribution in [2.24, 2.45) is 0 Å². The van der Waals surface area contributed by atoms with E-state index in [2.05, 4.69) is 558 Å². The van der Waals surface area contributed by atoms with Gasteiger partial charge in [0.2, 0.25) is 0 Å². The van der Waals surface area contributed by atoms with Crippen molar-refractivity contribution >= 4 is 161 Å². The molecule has 5 aromatic heterocycles. The average Bonchev–Trinajstić information content (AvgIpc) is 1.53. The Hall–Kier alpha value is -19.5. The summed E-state index contributed by atoms with van der Waals surface area (Å²) >= 11 is 0. The van der Waals surface area contributed by atoms with Gasteiger partial charge >= 0.3 is 0 Å². The van der Waals surface area contributed by atoms with E-state index in [-0.39, 0.29) is 0 Å². The maximum Gasteiger partial charge on any atom is 0.147 e. The largest absolute Gasteiger partial charge is 0.456 e. The minimum absolute atomic E-state index is 0.470. The minimum atomic E-state index is -0.470. The lowest BCUT2D eigenvalue weighted by atomic mass is 9.67. The molecule has 0 saturated heterocycles. The number of rotatable bonds is 17. The molecule has 29 rings (SSSR count). The second-order valence-corrected chi connectivity index (χ2v) is 37.6. The van der Waals surface area contributed by atoms with Crippen molar-refractivity contribution in [2.45, 2.75) is 5.41 Å². The predicted molar refractivity (Wildman–Crippen MR) is 613 cm³/mol. The number of para-hydroxylation sites is 9. The second kappa shape index (κ2) is 36.8. The van der Waals surface area contributed by atoms with Crippen LogP contribution in [0.1, 0.15) is 22.3 Å². The Bertz CT molecular complexity index is 9720. The smallest absolute Gasteiger partial charge is 0.147 e. The van der Waals surface area contributed by atoms with Gasteiger partial charge in [-0.2, -0.15) is 0 Å². The molecule has 5 heterocycles. The minimum Gasteiger partial charge on any atom is -0.456 e. The standard InChI is InChI=1S/C49H33NO.C48H33N3.C42H27NO2/c1-3-15-35(16-4-1)49(45-26-10-7-21-41(45)42-22-8-11-27-46(42)49)36-17-13-20-39(33-36)50(37-18-5-2-6-19-37)38-31-29-34(30-32-38)40-24-14-25-44-43-23-9-12-28-47(43)51-48(40)44;1-5-15-34(16-6-1)35-25-27-39(28-26-35)49(36-17-7-2-8-18-36)40-29-30-42-46(33-40)51(38-21-11-4-12-22-38)45-32-31-44-47(48(42)45)41-23-13-14-24-43(41)50(44)37-19-9-3-10-20-37;1-3-10-28(11-4-1)29-18-21-33(22-19-29)43(32-13-5-2-6-14-32)34-15-9-12-30(26-34)31-20-24-39-37(27-31)35-23-25-40-41(42(35)45-39)36-16-7-8-17-38(36)44-40/h2*1-33H;1-27H. The monoisotopic (exact) mass is 1880 g/mol. The highest BCUT2D eigenvalue weighted by Crippen LogP contribution is 2.58. The quantitative estimate of drug-likeness (QED) is 0.0905. The summed E-state index contributed by atoms with van der Waals surface area (Å²) in [5.74, 6) is 0. The highest BCUT2D eigenvalue weighted by atomic mass is 16.3. The van der Waals surface area contributed by atoms with E-state index in [4.69, 9.17) is 13.3 Å². The Morgan fingerprint density at radius 3 is 1.08 bits per heavy atom. The summed E-state index contributed by atoms with van der Waals surface area (Å²) in [4.78, 5) is 7.03. The van der Waals surface area contributed by atoms with Gasteiger partial charge in [-0.15, -0.1) is 0 Å². The van der Waals surface area contributed by atoms with Crippen LogP contribution in [0, 0.1) is 0 Å². The van der Waals surface area contributed by atoms with Crippen LogP contribution in [0.25, 0.3) is 176 Å². The van der Waals surface area contributed by atoms with Crippen LogP contribution in [0.2, 0.25) is 0 Å². The first kappa shape index (κ1) is 86.6. The number of anilines is 9. The number of aromatic nitrogens is 2. The van der Waals surface area contributed by atoms with E-state index in [0.29, 0.717) is 0 Å². The zero-order valence-corrected chi connectivity index (χ0v) is 80.2. The second-order valence-electron chi connectivity index (χ2n) is 37.6. The zero-order chi connectivity index (χ0) is 97.2. The van der Waals surface area contributed by atoms with E-state index in [9.17, 15) is 0 Å². The summed E-state index contributed by atoms with van der Waals surface area (Å²) in [6.07, 6.45) is 0. The molecule has 0 bridgehead atoms. The van der Waals surface area contributed by atoms with Crippen LogP contribution in [0.15, 0.2) is 577 Å². The van der Waals surface area contributed by atoms with Crippen LogP contribution < -0.4 is 14.7 Å². The highest BCUT2D eigenvalue weighted by Gasteiger charge is 2.46. The third kappa shape index (κ3) is 15.2. The van der Waals surface area contributed by atoms with Gasteiger partial charge in [-0.25, -0.2) is 0 Å². The molecule has 28 aromatic rings. The molecule has 0 spiro atoms. The van der Waals surface area contributed by atoms with E-state index in [1.807, 2.05) is 30.3 Å². The molecule has 1 aliphatic carbocycles. The number of furan rings is 3.